The van der Waals surface area contributed by atoms with Crippen LogP contribution in [0.1, 0.15) is 25.0 Å². The van der Waals surface area contributed by atoms with E-state index in [2.05, 4.69) is 5.92 Å². The van der Waals surface area contributed by atoms with E-state index < -0.39 is 17.6 Å². The number of rotatable bonds is 12. The number of hydrogen-bond donors (Lipinski definition) is 2. The third-order valence-corrected chi connectivity index (χ3v) is 6.43. The number of ether oxygens (including phenoxy) is 3. The van der Waals surface area contributed by atoms with Crippen molar-refractivity contribution in [3.63, 3.8) is 0 Å². The molecule has 0 bridgehead atoms. The van der Waals surface area contributed by atoms with E-state index in [4.69, 9.17) is 78.6 Å². The van der Waals surface area contributed by atoms with Gasteiger partial charge in [-0.15, -0.1) is 18.0 Å². The lowest BCUT2D eigenvalue weighted by atomic mass is 9.78. The second-order valence-corrected chi connectivity index (χ2v) is 9.90. The van der Waals surface area contributed by atoms with Crippen molar-refractivity contribution in [3.05, 3.63) is 55.5 Å². The Kier molecular flexibility index (Phi) is 11.4. The molecule has 0 aromatic heterocycles. The Morgan fingerprint density at radius 3 is 1.62 bits per heavy atom. The van der Waals surface area contributed by atoms with E-state index in [-0.39, 0.29) is 63.9 Å². The van der Waals surface area contributed by atoms with Crippen LogP contribution in [0.4, 0.5) is 0 Å². The SMILES string of the molecule is C#CCOCC(O)COc1c(Cl)cc(C(C)(C)c2cc(Cl)c(OCC(O)CCl)c(Cl)c2)cc1Cl. The number of hydrogen-bond acceptors (Lipinski definition) is 5. The molecule has 10 heteroatoms. The normalized spacial score (nSPS) is 13.3. The van der Waals surface area contributed by atoms with Gasteiger partial charge in [0.2, 0.25) is 0 Å². The fourth-order valence-electron chi connectivity index (χ4n) is 2.99. The first kappa shape index (κ1) is 29.2. The highest BCUT2D eigenvalue weighted by atomic mass is 35.5. The third kappa shape index (κ3) is 7.71. The summed E-state index contributed by atoms with van der Waals surface area (Å²) < 4.78 is 16.2. The van der Waals surface area contributed by atoms with Crippen molar-refractivity contribution in [3.8, 4) is 23.8 Å². The first-order chi connectivity index (χ1) is 16.0. The van der Waals surface area contributed by atoms with Gasteiger partial charge in [-0.3, -0.25) is 0 Å². The summed E-state index contributed by atoms with van der Waals surface area (Å²) in [6, 6.07) is 6.92. The summed E-state index contributed by atoms with van der Waals surface area (Å²) in [7, 11) is 0. The predicted octanol–water partition coefficient (Wildman–Crippen LogP) is 5.99. The third-order valence-electron chi connectivity index (χ3n) is 4.95. The van der Waals surface area contributed by atoms with E-state index >= 15 is 0 Å². The summed E-state index contributed by atoms with van der Waals surface area (Å²) in [6.07, 6.45) is 3.37. The van der Waals surface area contributed by atoms with Crippen LogP contribution in [-0.2, 0) is 10.2 Å². The average Bonchev–Trinajstić information content (AvgIpc) is 2.77. The van der Waals surface area contributed by atoms with Crippen LogP contribution in [0.15, 0.2) is 24.3 Å². The number of benzene rings is 2. The Morgan fingerprint density at radius 1 is 0.824 bits per heavy atom. The van der Waals surface area contributed by atoms with E-state index in [1.165, 1.54) is 0 Å². The maximum atomic E-state index is 9.95. The quantitative estimate of drug-likeness (QED) is 0.186. The van der Waals surface area contributed by atoms with E-state index in [1.807, 2.05) is 13.8 Å². The Hall–Kier alpha value is -1.07. The van der Waals surface area contributed by atoms with Gasteiger partial charge in [0, 0.05) is 5.41 Å². The zero-order valence-corrected chi connectivity index (χ0v) is 22.4. The van der Waals surface area contributed by atoms with Crippen LogP contribution in [0.2, 0.25) is 20.1 Å². The predicted molar refractivity (Wildman–Crippen MR) is 138 cm³/mol. The van der Waals surface area contributed by atoms with Crippen LogP contribution >= 0.6 is 58.0 Å². The molecule has 2 unspecified atom stereocenters. The Bertz CT molecular complexity index is 975. The summed E-state index contributed by atoms with van der Waals surface area (Å²) in [4.78, 5) is 0. The molecular formula is C24H25Cl5O5. The van der Waals surface area contributed by atoms with Gasteiger partial charge in [0.05, 0.1) is 32.6 Å². The van der Waals surface area contributed by atoms with Gasteiger partial charge >= 0.3 is 0 Å². The lowest BCUT2D eigenvalue weighted by Gasteiger charge is -2.28. The molecule has 2 aromatic rings. The Morgan fingerprint density at radius 2 is 1.24 bits per heavy atom. The van der Waals surface area contributed by atoms with Gasteiger partial charge in [-0.2, -0.15) is 0 Å². The van der Waals surface area contributed by atoms with Gasteiger partial charge in [0.1, 0.15) is 32.0 Å². The Balaban J connectivity index is 2.24. The molecule has 2 N–H and O–H groups in total. The second kappa shape index (κ2) is 13.3. The van der Waals surface area contributed by atoms with E-state index in [0.29, 0.717) is 0 Å². The van der Waals surface area contributed by atoms with Crippen LogP contribution in [0.25, 0.3) is 0 Å². The largest absolute Gasteiger partial charge is 0.488 e. The Labute approximate surface area is 224 Å². The summed E-state index contributed by atoms with van der Waals surface area (Å²) in [5, 5.41) is 20.7. The maximum absolute atomic E-state index is 9.95. The van der Waals surface area contributed by atoms with Gasteiger partial charge in [-0.25, -0.2) is 0 Å². The van der Waals surface area contributed by atoms with Gasteiger partial charge in [-0.05, 0) is 35.4 Å². The van der Waals surface area contributed by atoms with Crippen LogP contribution in [-0.4, -0.2) is 54.7 Å². The number of halogens is 5. The zero-order chi connectivity index (χ0) is 25.5. The number of terminal acetylenes is 1. The number of aliphatic hydroxyl groups excluding tert-OH is 2. The molecule has 2 aromatic carbocycles. The minimum absolute atomic E-state index is 0.0244. The molecule has 2 rings (SSSR count). The molecular weight excluding hydrogens is 546 g/mol. The first-order valence-electron chi connectivity index (χ1n) is 10.2. The molecule has 5 nitrogen and oxygen atoms in total. The summed E-state index contributed by atoms with van der Waals surface area (Å²) in [5.74, 6) is 2.85. The van der Waals surface area contributed by atoms with Crippen LogP contribution in [0.3, 0.4) is 0 Å². The number of alkyl halides is 1. The number of aliphatic hydroxyl groups is 2. The lowest BCUT2D eigenvalue weighted by molar-refractivity contribution is 0.0229. The van der Waals surface area contributed by atoms with Crippen LogP contribution in [0.5, 0.6) is 11.5 Å². The van der Waals surface area contributed by atoms with Crippen molar-refractivity contribution in [1.29, 1.82) is 0 Å². The molecule has 0 amide bonds. The topological polar surface area (TPSA) is 68.2 Å². The molecule has 0 aliphatic rings. The van der Waals surface area contributed by atoms with Crippen molar-refractivity contribution in [2.45, 2.75) is 31.5 Å². The van der Waals surface area contributed by atoms with Gasteiger partial charge in [0.15, 0.2) is 11.5 Å². The molecule has 0 radical (unpaired) electrons. The highest BCUT2D eigenvalue weighted by molar-refractivity contribution is 6.38. The summed E-state index contributed by atoms with van der Waals surface area (Å²) in [5.41, 5.74) is 0.969. The summed E-state index contributed by atoms with van der Waals surface area (Å²) >= 11 is 31.3. The monoisotopic (exact) mass is 568 g/mol. The van der Waals surface area contributed by atoms with Crippen molar-refractivity contribution in [1.82, 2.24) is 0 Å². The standard InChI is InChI=1S/C24H25Cl5O5/c1-4-5-32-11-17(31)13-34-23-20(28)8-15(9-21(23)29)24(2,3)14-6-18(26)22(19(27)7-14)33-12-16(30)10-25/h1,6-9,16-17,30-31H,5,10-13H2,2-3H3. The van der Waals surface area contributed by atoms with E-state index in [0.717, 1.165) is 11.1 Å². The molecule has 0 saturated carbocycles. The fraction of sp³-hybridized carbons (Fsp3) is 0.417. The summed E-state index contributed by atoms with van der Waals surface area (Å²) in [6.45, 7) is 3.93. The lowest BCUT2D eigenvalue weighted by Crippen LogP contribution is -2.24. The van der Waals surface area contributed by atoms with Crippen molar-refractivity contribution in [2.75, 3.05) is 32.3 Å². The molecule has 34 heavy (non-hydrogen) atoms. The molecule has 0 aliphatic carbocycles. The van der Waals surface area contributed by atoms with Crippen molar-refractivity contribution >= 4 is 58.0 Å². The maximum Gasteiger partial charge on any atom is 0.156 e. The van der Waals surface area contributed by atoms with E-state index in [9.17, 15) is 10.2 Å². The van der Waals surface area contributed by atoms with Crippen LogP contribution < -0.4 is 9.47 Å². The fourth-order valence-corrected chi connectivity index (χ4v) is 4.27. The molecule has 0 fully saturated rings. The molecule has 0 saturated heterocycles. The average molecular weight is 571 g/mol. The van der Waals surface area contributed by atoms with Crippen molar-refractivity contribution < 1.29 is 24.4 Å². The van der Waals surface area contributed by atoms with Gasteiger partial charge in [-0.1, -0.05) is 66.2 Å². The van der Waals surface area contributed by atoms with Crippen molar-refractivity contribution in [2.24, 2.45) is 0 Å². The molecule has 0 aliphatic heterocycles. The minimum Gasteiger partial charge on any atom is -0.488 e. The molecule has 0 spiro atoms. The highest BCUT2D eigenvalue weighted by Crippen LogP contribution is 2.43. The smallest absolute Gasteiger partial charge is 0.156 e. The zero-order valence-electron chi connectivity index (χ0n) is 18.6. The van der Waals surface area contributed by atoms with Gasteiger partial charge in [0.25, 0.3) is 0 Å². The van der Waals surface area contributed by atoms with Crippen LogP contribution in [0, 0.1) is 12.3 Å². The second-order valence-electron chi connectivity index (χ2n) is 7.97. The van der Waals surface area contributed by atoms with E-state index in [1.54, 1.807) is 24.3 Å². The highest BCUT2D eigenvalue weighted by Gasteiger charge is 2.28. The van der Waals surface area contributed by atoms with Gasteiger partial charge < -0.3 is 24.4 Å². The first-order valence-corrected chi connectivity index (χ1v) is 12.2. The minimum atomic E-state index is -0.896. The molecule has 0 heterocycles. The molecule has 186 valence electrons. The molecule has 2 atom stereocenters.